The molecule has 0 fully saturated rings. The fourth-order valence-corrected chi connectivity index (χ4v) is 5.56. The normalized spacial score (nSPS) is 11.2. The van der Waals surface area contributed by atoms with E-state index < -0.39 is 0 Å². The Labute approximate surface area is 212 Å². The Balaban J connectivity index is 0.00000306. The van der Waals surface area contributed by atoms with Crippen molar-refractivity contribution in [3.63, 3.8) is 0 Å². The van der Waals surface area contributed by atoms with Crippen LogP contribution in [0.2, 0.25) is 0 Å². The SMILES string of the molecule is N#C/C(=C(/SCC(=O)c1ccccc1)SCc1cccc2ccccc12)[n+]1ccccc1.[Br-]. The molecule has 6 heteroatoms. The van der Waals surface area contributed by atoms with Crippen LogP contribution in [-0.2, 0) is 5.75 Å². The van der Waals surface area contributed by atoms with Crippen LogP contribution in [0.1, 0.15) is 15.9 Å². The van der Waals surface area contributed by atoms with Gasteiger partial charge in [-0.3, -0.25) is 4.79 Å². The van der Waals surface area contributed by atoms with Crippen LogP contribution >= 0.6 is 23.5 Å². The largest absolute Gasteiger partial charge is 1.00 e. The molecule has 0 N–H and O–H groups in total. The third-order valence-corrected chi connectivity index (χ3v) is 7.42. The number of carbonyl (C=O) groups excluding carboxylic acids is 1. The summed E-state index contributed by atoms with van der Waals surface area (Å²) >= 11 is 3.03. The molecule has 164 valence electrons. The van der Waals surface area contributed by atoms with Crippen LogP contribution in [-0.4, -0.2) is 11.5 Å². The number of allylic oxidation sites excluding steroid dienone is 1. The van der Waals surface area contributed by atoms with E-state index in [0.29, 0.717) is 17.0 Å². The summed E-state index contributed by atoms with van der Waals surface area (Å²) in [7, 11) is 0. The third kappa shape index (κ3) is 6.35. The first-order chi connectivity index (χ1) is 15.8. The van der Waals surface area contributed by atoms with E-state index >= 15 is 0 Å². The van der Waals surface area contributed by atoms with Crippen molar-refractivity contribution in [1.82, 2.24) is 0 Å². The standard InChI is InChI=1S/C27H21N2OS2.BrH/c28-18-25(29-16-7-2-8-17-29)27(32-20-26(30)22-11-3-1-4-12-22)31-19-23-14-9-13-21-10-5-6-15-24(21)23;/h1-17H,19-20H2;1H/q+1;/p-1/b27-25-;. The number of nitrogens with zero attached hydrogens (tertiary/aromatic N) is 2. The van der Waals surface area contributed by atoms with E-state index in [-0.39, 0.29) is 28.5 Å². The highest BCUT2D eigenvalue weighted by atomic mass is 79.9. The molecule has 3 nitrogen and oxygen atoms in total. The van der Waals surface area contributed by atoms with E-state index in [0.717, 1.165) is 4.24 Å². The Bertz CT molecular complexity index is 1300. The molecular formula is C27H21BrN2OS2. The highest BCUT2D eigenvalue weighted by Gasteiger charge is 2.20. The number of aromatic nitrogens is 1. The second kappa shape index (κ2) is 12.4. The third-order valence-electron chi connectivity index (χ3n) is 4.94. The van der Waals surface area contributed by atoms with E-state index in [1.54, 1.807) is 11.8 Å². The van der Waals surface area contributed by atoms with Gasteiger partial charge in [-0.15, -0.1) is 23.5 Å². The van der Waals surface area contributed by atoms with Crippen LogP contribution in [0.15, 0.2) is 108 Å². The van der Waals surface area contributed by atoms with Crippen LogP contribution in [0.25, 0.3) is 16.5 Å². The Hall–Kier alpha value is -2.85. The lowest BCUT2D eigenvalue weighted by atomic mass is 10.1. The van der Waals surface area contributed by atoms with Gasteiger partial charge >= 0.3 is 5.70 Å². The molecule has 0 spiro atoms. The molecule has 0 aliphatic rings. The summed E-state index contributed by atoms with van der Waals surface area (Å²) in [5.41, 5.74) is 2.42. The average molecular weight is 534 g/mol. The summed E-state index contributed by atoms with van der Waals surface area (Å²) in [6, 6.07) is 31.9. The summed E-state index contributed by atoms with van der Waals surface area (Å²) in [6.07, 6.45) is 3.72. The van der Waals surface area contributed by atoms with E-state index in [1.807, 2.05) is 77.6 Å². The fraction of sp³-hybridized carbons (Fsp3) is 0.0741. The number of halogens is 1. The van der Waals surface area contributed by atoms with Crippen molar-refractivity contribution in [3.05, 3.63) is 119 Å². The first-order valence-electron chi connectivity index (χ1n) is 10.2. The number of thioether (sulfide) groups is 2. The summed E-state index contributed by atoms with van der Waals surface area (Å²) in [6.45, 7) is 0. The minimum Gasteiger partial charge on any atom is -1.00 e. The summed E-state index contributed by atoms with van der Waals surface area (Å²) < 4.78 is 2.65. The number of ketones is 1. The van der Waals surface area contributed by atoms with Gasteiger partial charge in [0.15, 0.2) is 24.2 Å². The summed E-state index contributed by atoms with van der Waals surface area (Å²) in [5.74, 6) is 1.04. The summed E-state index contributed by atoms with van der Waals surface area (Å²) in [4.78, 5) is 12.7. The lowest BCUT2D eigenvalue weighted by Crippen LogP contribution is -3.00. The highest BCUT2D eigenvalue weighted by molar-refractivity contribution is 8.22. The molecule has 0 saturated carbocycles. The molecular weight excluding hydrogens is 512 g/mol. The smallest absolute Gasteiger partial charge is 0.308 e. The zero-order valence-corrected chi connectivity index (χ0v) is 20.9. The van der Waals surface area contributed by atoms with E-state index in [1.165, 1.54) is 28.1 Å². The first-order valence-corrected chi connectivity index (χ1v) is 12.1. The van der Waals surface area contributed by atoms with Gasteiger partial charge in [-0.1, -0.05) is 78.9 Å². The average Bonchev–Trinajstić information content (AvgIpc) is 2.86. The van der Waals surface area contributed by atoms with Crippen molar-refractivity contribution in [2.45, 2.75) is 5.75 Å². The van der Waals surface area contributed by atoms with Crippen molar-refractivity contribution in [1.29, 1.82) is 5.26 Å². The Morgan fingerprint density at radius 3 is 2.24 bits per heavy atom. The zero-order valence-electron chi connectivity index (χ0n) is 17.7. The summed E-state index contributed by atoms with van der Waals surface area (Å²) in [5, 5.41) is 12.4. The van der Waals surface area contributed by atoms with Gasteiger partial charge in [0.1, 0.15) is 4.24 Å². The molecule has 0 bridgehead atoms. The van der Waals surface area contributed by atoms with Crippen molar-refractivity contribution in [3.8, 4) is 6.07 Å². The van der Waals surface area contributed by atoms with Crippen molar-refractivity contribution >= 4 is 45.8 Å². The number of rotatable bonds is 8. The number of fused-ring (bicyclic) bond motifs is 1. The lowest BCUT2D eigenvalue weighted by Gasteiger charge is -2.09. The number of benzene rings is 3. The van der Waals surface area contributed by atoms with E-state index in [9.17, 15) is 10.1 Å². The maximum atomic E-state index is 12.7. The Kier molecular flexibility index (Phi) is 9.32. The molecule has 0 saturated heterocycles. The van der Waals surface area contributed by atoms with Crippen molar-refractivity contribution in [2.24, 2.45) is 0 Å². The molecule has 0 radical (unpaired) electrons. The second-order valence-corrected chi connectivity index (χ2v) is 9.27. The number of pyridine rings is 1. The van der Waals surface area contributed by atoms with Crippen molar-refractivity contribution < 1.29 is 26.3 Å². The predicted octanol–water partition coefficient (Wildman–Crippen LogP) is 3.33. The minimum atomic E-state index is 0. The van der Waals surface area contributed by atoms with Gasteiger partial charge in [-0.2, -0.15) is 9.83 Å². The molecule has 0 amide bonds. The van der Waals surface area contributed by atoms with Crippen LogP contribution in [0.5, 0.6) is 0 Å². The van der Waals surface area contributed by atoms with Gasteiger partial charge in [0.2, 0.25) is 0 Å². The molecule has 0 unspecified atom stereocenters. The Morgan fingerprint density at radius 1 is 0.818 bits per heavy atom. The van der Waals surface area contributed by atoms with Gasteiger partial charge < -0.3 is 17.0 Å². The van der Waals surface area contributed by atoms with Gasteiger partial charge in [-0.05, 0) is 16.3 Å². The van der Waals surface area contributed by atoms with Crippen LogP contribution in [0, 0.1) is 11.3 Å². The fourth-order valence-electron chi connectivity index (χ4n) is 3.34. The maximum absolute atomic E-state index is 12.7. The lowest BCUT2D eigenvalue weighted by molar-refractivity contribution is -0.577. The number of hydrogen-bond acceptors (Lipinski definition) is 4. The Morgan fingerprint density at radius 2 is 1.48 bits per heavy atom. The molecule has 3 aromatic carbocycles. The van der Waals surface area contributed by atoms with Gasteiger partial charge in [0.25, 0.3) is 0 Å². The molecule has 4 rings (SSSR count). The number of nitriles is 1. The maximum Gasteiger partial charge on any atom is 0.308 e. The van der Waals surface area contributed by atoms with Crippen molar-refractivity contribution in [2.75, 3.05) is 5.75 Å². The first kappa shape index (κ1) is 24.8. The number of carbonyl (C=O) groups is 1. The van der Waals surface area contributed by atoms with Crippen LogP contribution in [0.4, 0.5) is 0 Å². The molecule has 0 aliphatic carbocycles. The predicted molar refractivity (Wildman–Crippen MR) is 134 cm³/mol. The van der Waals surface area contributed by atoms with Gasteiger partial charge in [0.05, 0.1) is 5.75 Å². The van der Waals surface area contributed by atoms with E-state index in [2.05, 4.69) is 36.4 Å². The molecule has 1 aromatic heterocycles. The zero-order chi connectivity index (χ0) is 22.2. The molecule has 1 heterocycles. The van der Waals surface area contributed by atoms with E-state index in [4.69, 9.17) is 0 Å². The highest BCUT2D eigenvalue weighted by Crippen LogP contribution is 2.36. The minimum absolute atomic E-state index is 0. The van der Waals surface area contributed by atoms with Crippen LogP contribution in [0.3, 0.4) is 0 Å². The topological polar surface area (TPSA) is 44.7 Å². The molecule has 0 aliphatic heterocycles. The van der Waals surface area contributed by atoms with Crippen LogP contribution < -0.4 is 21.5 Å². The molecule has 33 heavy (non-hydrogen) atoms. The quantitative estimate of drug-likeness (QED) is 0.198. The second-order valence-electron chi connectivity index (χ2n) is 7.04. The monoisotopic (exact) mass is 532 g/mol. The molecule has 0 atom stereocenters. The van der Waals surface area contributed by atoms with Gasteiger partial charge in [0, 0.05) is 23.4 Å². The number of Topliss-reactive ketones (excluding diaryl/α,β-unsaturated/α-hetero) is 1. The number of hydrogen-bond donors (Lipinski definition) is 0. The van der Waals surface area contributed by atoms with Gasteiger partial charge in [-0.25, -0.2) is 0 Å². The molecule has 4 aromatic rings.